The van der Waals surface area contributed by atoms with Crippen molar-refractivity contribution >= 4 is 19.5 Å². The zero-order valence-corrected chi connectivity index (χ0v) is 9.95. The standard InChI is InChI=1S/C9H12NO7P/c10-9(8(13)14)1-3(2-18(15,16)17)4-5(6(4)9)7(11)12/h2,4-6H,1,10H2,(H,11,12)(H,13,14)(H2,15,16,17)/t4-,5-,6+,9-/m1/s1. The number of aliphatic carboxylic acids is 2. The molecule has 100 valence electrons. The Balaban J connectivity index is 2.40. The molecular formula is C9H12NO7P. The summed E-state index contributed by atoms with van der Waals surface area (Å²) in [6.07, 6.45) is -0.230. The van der Waals surface area contributed by atoms with Crippen molar-refractivity contribution in [3.05, 3.63) is 11.4 Å². The molecule has 2 aliphatic rings. The molecule has 6 N–H and O–H groups in total. The molecule has 2 saturated carbocycles. The predicted molar refractivity (Wildman–Crippen MR) is 57.4 cm³/mol. The molecule has 0 saturated heterocycles. The van der Waals surface area contributed by atoms with E-state index < -0.39 is 42.8 Å². The molecule has 8 nitrogen and oxygen atoms in total. The molecular weight excluding hydrogens is 265 g/mol. The molecule has 0 amide bonds. The van der Waals surface area contributed by atoms with E-state index in [1.165, 1.54) is 0 Å². The molecule has 18 heavy (non-hydrogen) atoms. The van der Waals surface area contributed by atoms with Crippen molar-refractivity contribution in [2.45, 2.75) is 12.0 Å². The van der Waals surface area contributed by atoms with Gasteiger partial charge in [-0.1, -0.05) is 5.57 Å². The zero-order valence-electron chi connectivity index (χ0n) is 9.05. The van der Waals surface area contributed by atoms with Crippen molar-refractivity contribution in [2.75, 3.05) is 0 Å². The zero-order chi connectivity index (χ0) is 13.9. The first-order valence-corrected chi connectivity index (χ1v) is 6.78. The molecule has 0 aromatic rings. The fraction of sp³-hybridized carbons (Fsp3) is 0.556. The smallest absolute Gasteiger partial charge is 0.349 e. The van der Waals surface area contributed by atoms with E-state index in [1.807, 2.05) is 0 Å². The Labute approximate surface area is 101 Å². The van der Waals surface area contributed by atoms with Crippen LogP contribution >= 0.6 is 7.60 Å². The number of carbonyl (C=O) groups is 2. The number of carboxylic acids is 2. The number of fused-ring (bicyclic) bond motifs is 1. The summed E-state index contributed by atoms with van der Waals surface area (Å²) in [5, 5.41) is 18.0. The van der Waals surface area contributed by atoms with Crippen LogP contribution in [0.2, 0.25) is 0 Å². The normalized spacial score (nSPS) is 40.6. The quantitative estimate of drug-likeness (QED) is 0.418. The summed E-state index contributed by atoms with van der Waals surface area (Å²) in [5.41, 5.74) is 4.04. The van der Waals surface area contributed by atoms with Crippen LogP contribution in [-0.2, 0) is 14.2 Å². The summed E-state index contributed by atoms with van der Waals surface area (Å²) >= 11 is 0. The molecule has 2 aliphatic carbocycles. The van der Waals surface area contributed by atoms with Crippen molar-refractivity contribution in [3.63, 3.8) is 0 Å². The molecule has 0 heterocycles. The lowest BCUT2D eigenvalue weighted by Gasteiger charge is -2.21. The molecule has 0 aliphatic heterocycles. The van der Waals surface area contributed by atoms with E-state index in [0.29, 0.717) is 5.82 Å². The van der Waals surface area contributed by atoms with Crippen LogP contribution in [0.5, 0.6) is 0 Å². The van der Waals surface area contributed by atoms with Crippen molar-refractivity contribution in [1.82, 2.24) is 0 Å². The van der Waals surface area contributed by atoms with E-state index >= 15 is 0 Å². The van der Waals surface area contributed by atoms with E-state index in [0.717, 1.165) is 0 Å². The number of carboxylic acid groups (broad SMARTS) is 2. The van der Waals surface area contributed by atoms with Gasteiger partial charge in [-0.25, -0.2) is 0 Å². The van der Waals surface area contributed by atoms with Crippen LogP contribution in [0, 0.1) is 17.8 Å². The summed E-state index contributed by atoms with van der Waals surface area (Å²) in [6.45, 7) is 0. The second-order valence-corrected chi connectivity index (χ2v) is 6.17. The second-order valence-electron chi connectivity index (χ2n) is 4.73. The minimum absolute atomic E-state index is 0.130. The molecule has 4 atom stereocenters. The van der Waals surface area contributed by atoms with Gasteiger partial charge in [-0.15, -0.1) is 0 Å². The van der Waals surface area contributed by atoms with Gasteiger partial charge in [-0.3, -0.25) is 14.2 Å². The summed E-state index contributed by atoms with van der Waals surface area (Å²) in [5.74, 6) is -4.36. The molecule has 0 radical (unpaired) electrons. The number of hydrogen-bond donors (Lipinski definition) is 5. The number of hydrogen-bond acceptors (Lipinski definition) is 4. The molecule has 0 aromatic carbocycles. The van der Waals surface area contributed by atoms with Gasteiger partial charge in [-0.05, 0) is 6.42 Å². The maximum Gasteiger partial charge on any atom is 0.349 e. The van der Waals surface area contributed by atoms with Crippen LogP contribution in [0.4, 0.5) is 0 Å². The molecule has 2 fully saturated rings. The van der Waals surface area contributed by atoms with Gasteiger partial charge in [0.25, 0.3) is 0 Å². The lowest BCUT2D eigenvalue weighted by molar-refractivity contribution is -0.145. The largest absolute Gasteiger partial charge is 0.481 e. The molecule has 9 heteroatoms. The van der Waals surface area contributed by atoms with Crippen LogP contribution in [0.25, 0.3) is 0 Å². The average molecular weight is 277 g/mol. The van der Waals surface area contributed by atoms with Gasteiger partial charge in [0.1, 0.15) is 5.54 Å². The third-order valence-electron chi connectivity index (χ3n) is 3.56. The van der Waals surface area contributed by atoms with E-state index in [1.54, 1.807) is 0 Å². The lowest BCUT2D eigenvalue weighted by Crippen LogP contribution is -2.49. The van der Waals surface area contributed by atoms with Crippen molar-refractivity contribution in [1.29, 1.82) is 0 Å². The Morgan fingerprint density at radius 3 is 2.33 bits per heavy atom. The first-order chi connectivity index (χ1) is 8.08. The molecule has 0 spiro atoms. The van der Waals surface area contributed by atoms with Crippen LogP contribution in [-0.4, -0.2) is 37.5 Å². The first-order valence-electron chi connectivity index (χ1n) is 5.10. The lowest BCUT2D eigenvalue weighted by atomic mass is 9.90. The van der Waals surface area contributed by atoms with Crippen molar-refractivity contribution < 1.29 is 34.2 Å². The topological polar surface area (TPSA) is 158 Å². The molecule has 0 aromatic heterocycles. The van der Waals surface area contributed by atoms with Gasteiger partial charge < -0.3 is 25.7 Å². The summed E-state index contributed by atoms with van der Waals surface area (Å²) in [4.78, 5) is 39.7. The fourth-order valence-corrected chi connectivity index (χ4v) is 3.56. The highest BCUT2D eigenvalue weighted by Gasteiger charge is 2.72. The highest BCUT2D eigenvalue weighted by molar-refractivity contribution is 7.55. The number of nitrogens with two attached hydrogens (primary N) is 1. The van der Waals surface area contributed by atoms with Gasteiger partial charge in [0.15, 0.2) is 0 Å². The van der Waals surface area contributed by atoms with Gasteiger partial charge >= 0.3 is 19.5 Å². The third-order valence-corrected chi connectivity index (χ3v) is 4.22. The van der Waals surface area contributed by atoms with Gasteiger partial charge in [0.05, 0.1) is 5.92 Å². The van der Waals surface area contributed by atoms with Crippen LogP contribution in [0.15, 0.2) is 11.4 Å². The molecule has 0 unspecified atom stereocenters. The Hall–Kier alpha value is -1.21. The minimum Gasteiger partial charge on any atom is -0.481 e. The monoisotopic (exact) mass is 277 g/mol. The highest BCUT2D eigenvalue weighted by Crippen LogP contribution is 2.65. The molecule has 2 rings (SSSR count). The predicted octanol–water partition coefficient (Wildman–Crippen LogP) is -0.819. The van der Waals surface area contributed by atoms with Crippen LogP contribution in [0.3, 0.4) is 0 Å². The van der Waals surface area contributed by atoms with Crippen molar-refractivity contribution in [3.8, 4) is 0 Å². The Morgan fingerprint density at radius 2 is 1.94 bits per heavy atom. The minimum atomic E-state index is -4.47. The van der Waals surface area contributed by atoms with Gasteiger partial charge in [0.2, 0.25) is 0 Å². The van der Waals surface area contributed by atoms with Crippen LogP contribution < -0.4 is 5.73 Å². The third kappa shape index (κ3) is 1.87. The molecule has 0 bridgehead atoms. The fourth-order valence-electron chi connectivity index (χ4n) is 2.86. The van der Waals surface area contributed by atoms with E-state index in [4.69, 9.17) is 25.7 Å². The van der Waals surface area contributed by atoms with Gasteiger partial charge in [-0.2, -0.15) is 0 Å². The van der Waals surface area contributed by atoms with Crippen molar-refractivity contribution in [2.24, 2.45) is 23.5 Å². The summed E-state index contributed by atoms with van der Waals surface area (Å²) < 4.78 is 10.9. The summed E-state index contributed by atoms with van der Waals surface area (Å²) in [7, 11) is -4.47. The highest BCUT2D eigenvalue weighted by atomic mass is 31.2. The van der Waals surface area contributed by atoms with E-state index in [-0.39, 0.29) is 12.0 Å². The maximum atomic E-state index is 11.1. The Morgan fingerprint density at radius 1 is 1.39 bits per heavy atom. The Bertz CT molecular complexity index is 509. The second kappa shape index (κ2) is 3.64. The number of rotatable bonds is 3. The van der Waals surface area contributed by atoms with E-state index in [9.17, 15) is 14.2 Å². The van der Waals surface area contributed by atoms with Gasteiger partial charge in [0, 0.05) is 17.7 Å². The SMILES string of the molecule is N[C@]1(C(=O)O)CC(=CP(=O)(O)O)[C@@H]2[C@@H](C(=O)O)[C@H]21. The van der Waals surface area contributed by atoms with Crippen LogP contribution in [0.1, 0.15) is 6.42 Å². The van der Waals surface area contributed by atoms with E-state index in [2.05, 4.69) is 0 Å². The maximum absolute atomic E-state index is 11.1. The Kier molecular flexibility index (Phi) is 2.68. The average Bonchev–Trinajstić information content (AvgIpc) is 2.82. The first kappa shape index (κ1) is 13.2. The summed E-state index contributed by atoms with van der Waals surface area (Å²) in [6, 6.07) is 0.